The number of hydrogen-bond acceptors (Lipinski definition) is 10. The summed E-state index contributed by atoms with van der Waals surface area (Å²) in [6.45, 7) is 7.35. The lowest BCUT2D eigenvalue weighted by Gasteiger charge is -2.26. The van der Waals surface area contributed by atoms with Crippen LogP contribution in [0.5, 0.6) is 23.0 Å². The maximum absolute atomic E-state index is 14.0. The van der Waals surface area contributed by atoms with Gasteiger partial charge in [-0.05, 0) is 57.5 Å². The van der Waals surface area contributed by atoms with E-state index in [1.54, 1.807) is 63.2 Å². The molecule has 1 aromatic heterocycles. The topological polar surface area (TPSA) is 135 Å². The summed E-state index contributed by atoms with van der Waals surface area (Å²) in [6, 6.07) is 9.38. The number of nitrogens with zero attached hydrogens (tertiary/aromatic N) is 2. The number of rotatable bonds is 12. The van der Waals surface area contributed by atoms with Gasteiger partial charge in [-0.3, -0.25) is 9.36 Å². The Morgan fingerprint density at radius 2 is 1.79 bits per heavy atom. The summed E-state index contributed by atoms with van der Waals surface area (Å²) < 4.78 is 29.7. The molecule has 0 spiro atoms. The molecule has 1 N–H and O–H groups in total. The van der Waals surface area contributed by atoms with Gasteiger partial charge < -0.3 is 28.8 Å². The van der Waals surface area contributed by atoms with Crippen LogP contribution >= 0.6 is 11.3 Å². The van der Waals surface area contributed by atoms with Crippen molar-refractivity contribution in [3.63, 3.8) is 0 Å². The molecule has 12 heteroatoms. The maximum atomic E-state index is 14.0. The Labute approximate surface area is 245 Å². The fourth-order valence-electron chi connectivity index (χ4n) is 4.59. The van der Waals surface area contributed by atoms with Crippen LogP contribution in [-0.2, 0) is 14.3 Å². The number of carbonyl (C=O) groups is 2. The highest BCUT2D eigenvalue weighted by Gasteiger charge is 2.36. The summed E-state index contributed by atoms with van der Waals surface area (Å²) in [5, 5.41) is 8.97. The molecule has 2 aromatic carbocycles. The molecule has 0 saturated carbocycles. The minimum Gasteiger partial charge on any atom is -0.493 e. The van der Waals surface area contributed by atoms with E-state index in [-0.39, 0.29) is 23.5 Å². The monoisotopic (exact) mass is 596 g/mol. The standard InChI is InChI=1S/C30H32N2O9S/c1-6-38-22-14-18(12-13-20(22)41-16-24(33)34)15-23-28(35)32-26(19-10-9-11-21(37-5)27(19)39-7-2)25(29(36)40-8-3)17(4)31-30(32)42-23/h9-15,26H,6-8,16H2,1-5H3,(H,33,34)/b23-15+/t26-/m0/s1. The third kappa shape index (κ3) is 6.18. The SMILES string of the molecule is CCOC(=O)C1=C(C)N=c2s/c(=C/c3ccc(OCC(=O)O)c(OCC)c3)c(=O)n2[C@H]1c1cccc(OC)c1OCC. The highest BCUT2D eigenvalue weighted by molar-refractivity contribution is 7.07. The number of carboxylic acid groups (broad SMARTS) is 1. The summed E-state index contributed by atoms with van der Waals surface area (Å²) in [7, 11) is 1.52. The number of carboxylic acids is 1. The van der Waals surface area contributed by atoms with Crippen LogP contribution in [0.1, 0.15) is 44.9 Å². The highest BCUT2D eigenvalue weighted by Crippen LogP contribution is 2.40. The van der Waals surface area contributed by atoms with Gasteiger partial charge >= 0.3 is 11.9 Å². The Bertz CT molecular complexity index is 1700. The molecule has 0 saturated heterocycles. The fourth-order valence-corrected chi connectivity index (χ4v) is 5.63. The average Bonchev–Trinajstić information content (AvgIpc) is 3.26. The van der Waals surface area contributed by atoms with Gasteiger partial charge in [0.05, 0.1) is 42.7 Å². The lowest BCUT2D eigenvalue weighted by Crippen LogP contribution is -2.40. The zero-order valence-electron chi connectivity index (χ0n) is 24.0. The Kier molecular flexibility index (Phi) is 9.68. The lowest BCUT2D eigenvalue weighted by molar-refractivity contribution is -0.140. The van der Waals surface area contributed by atoms with E-state index in [4.69, 9.17) is 28.8 Å². The smallest absolute Gasteiger partial charge is 0.341 e. The Morgan fingerprint density at radius 1 is 1.02 bits per heavy atom. The maximum Gasteiger partial charge on any atom is 0.341 e. The van der Waals surface area contributed by atoms with Gasteiger partial charge in [0.25, 0.3) is 5.56 Å². The number of aliphatic carboxylic acids is 1. The van der Waals surface area contributed by atoms with Crippen LogP contribution in [-0.4, -0.2) is 55.1 Å². The zero-order chi connectivity index (χ0) is 30.4. The van der Waals surface area contributed by atoms with E-state index in [1.807, 2.05) is 6.92 Å². The van der Waals surface area contributed by atoms with E-state index in [0.29, 0.717) is 56.6 Å². The van der Waals surface area contributed by atoms with Crippen LogP contribution in [0.25, 0.3) is 6.08 Å². The van der Waals surface area contributed by atoms with Gasteiger partial charge in [-0.25, -0.2) is 14.6 Å². The van der Waals surface area contributed by atoms with E-state index in [9.17, 15) is 14.4 Å². The predicted octanol–water partition coefficient (Wildman–Crippen LogP) is 3.07. The van der Waals surface area contributed by atoms with Gasteiger partial charge in [0.2, 0.25) is 0 Å². The number of ether oxygens (including phenoxy) is 5. The van der Waals surface area contributed by atoms with Crippen LogP contribution < -0.4 is 33.8 Å². The number of benzene rings is 2. The van der Waals surface area contributed by atoms with Crippen molar-refractivity contribution in [1.82, 2.24) is 4.57 Å². The minimum absolute atomic E-state index is 0.150. The first-order valence-corrected chi connectivity index (χ1v) is 14.2. The van der Waals surface area contributed by atoms with Crippen molar-refractivity contribution in [2.75, 3.05) is 33.5 Å². The number of esters is 1. The molecule has 0 amide bonds. The molecule has 0 bridgehead atoms. The number of hydrogen-bond donors (Lipinski definition) is 1. The molecule has 2 heterocycles. The van der Waals surface area contributed by atoms with Crippen molar-refractivity contribution < 1.29 is 38.4 Å². The second kappa shape index (κ2) is 13.4. The number of allylic oxidation sites excluding steroid dienone is 1. The van der Waals surface area contributed by atoms with Crippen LogP contribution in [0.4, 0.5) is 0 Å². The van der Waals surface area contributed by atoms with E-state index in [0.717, 1.165) is 0 Å². The molecule has 11 nitrogen and oxygen atoms in total. The van der Waals surface area contributed by atoms with Gasteiger partial charge in [0, 0.05) is 5.56 Å². The van der Waals surface area contributed by atoms with E-state index >= 15 is 0 Å². The number of aromatic nitrogens is 1. The zero-order valence-corrected chi connectivity index (χ0v) is 24.8. The first-order valence-electron chi connectivity index (χ1n) is 13.3. The molecule has 1 aliphatic rings. The molecule has 3 aromatic rings. The molecular formula is C30H32N2O9S. The van der Waals surface area contributed by atoms with Crippen molar-refractivity contribution in [1.29, 1.82) is 0 Å². The number of carbonyl (C=O) groups excluding carboxylic acids is 1. The van der Waals surface area contributed by atoms with E-state index in [2.05, 4.69) is 4.99 Å². The number of thiazole rings is 1. The molecular weight excluding hydrogens is 564 g/mol. The van der Waals surface area contributed by atoms with Crippen molar-refractivity contribution >= 4 is 29.4 Å². The van der Waals surface area contributed by atoms with Crippen molar-refractivity contribution in [2.24, 2.45) is 4.99 Å². The van der Waals surface area contributed by atoms with E-state index in [1.165, 1.54) is 23.0 Å². The first kappa shape index (κ1) is 30.4. The van der Waals surface area contributed by atoms with Crippen LogP contribution in [0.15, 0.2) is 57.5 Å². The van der Waals surface area contributed by atoms with Gasteiger partial charge in [-0.2, -0.15) is 0 Å². The molecule has 222 valence electrons. The first-order chi connectivity index (χ1) is 20.2. The number of methoxy groups -OCH3 is 1. The molecule has 4 rings (SSSR count). The Morgan fingerprint density at radius 3 is 2.45 bits per heavy atom. The number of fused-ring (bicyclic) bond motifs is 1. The van der Waals surface area contributed by atoms with Crippen molar-refractivity contribution in [3.05, 3.63) is 78.5 Å². The molecule has 0 radical (unpaired) electrons. The molecule has 0 aliphatic carbocycles. The summed E-state index contributed by atoms with van der Waals surface area (Å²) in [4.78, 5) is 43.3. The largest absolute Gasteiger partial charge is 0.493 e. The van der Waals surface area contributed by atoms with Gasteiger partial charge in [-0.15, -0.1) is 0 Å². The predicted molar refractivity (Wildman–Crippen MR) is 155 cm³/mol. The Balaban J connectivity index is 1.92. The van der Waals surface area contributed by atoms with Gasteiger partial charge in [-0.1, -0.05) is 29.5 Å². The molecule has 0 unspecified atom stereocenters. The van der Waals surface area contributed by atoms with Gasteiger partial charge in [0.1, 0.15) is 6.04 Å². The van der Waals surface area contributed by atoms with Crippen molar-refractivity contribution in [2.45, 2.75) is 33.7 Å². The van der Waals surface area contributed by atoms with Crippen molar-refractivity contribution in [3.8, 4) is 23.0 Å². The summed E-state index contributed by atoms with van der Waals surface area (Å²) in [5.41, 5.74) is 1.46. The van der Waals surface area contributed by atoms with Gasteiger partial charge in [0.15, 0.2) is 34.4 Å². The third-order valence-electron chi connectivity index (χ3n) is 6.25. The second-order valence-corrected chi connectivity index (χ2v) is 9.94. The fraction of sp³-hybridized carbons (Fsp3) is 0.333. The van der Waals surface area contributed by atoms with Crippen LogP contribution in [0.2, 0.25) is 0 Å². The van der Waals surface area contributed by atoms with E-state index < -0.39 is 24.6 Å². The lowest BCUT2D eigenvalue weighted by atomic mass is 9.94. The average molecular weight is 597 g/mol. The molecule has 1 atom stereocenters. The Hall–Kier alpha value is -4.58. The minimum atomic E-state index is -1.11. The highest BCUT2D eigenvalue weighted by atomic mass is 32.1. The molecule has 0 fully saturated rings. The molecule has 1 aliphatic heterocycles. The third-order valence-corrected chi connectivity index (χ3v) is 7.23. The summed E-state index contributed by atoms with van der Waals surface area (Å²) in [6.07, 6.45) is 1.68. The summed E-state index contributed by atoms with van der Waals surface area (Å²) in [5.74, 6) is -0.204. The number of para-hydroxylation sites is 1. The van der Waals surface area contributed by atoms with Crippen LogP contribution in [0.3, 0.4) is 0 Å². The second-order valence-electron chi connectivity index (χ2n) is 8.94. The van der Waals surface area contributed by atoms with Crippen LogP contribution in [0, 0.1) is 0 Å². The molecule has 42 heavy (non-hydrogen) atoms. The normalized spacial score (nSPS) is 14.6. The summed E-state index contributed by atoms with van der Waals surface area (Å²) >= 11 is 1.17. The quantitative estimate of drug-likeness (QED) is 0.313.